The number of nitrogens with zero attached hydrogens (tertiary/aromatic N) is 4. The molecule has 0 unspecified atom stereocenters. The quantitative estimate of drug-likeness (QED) is 0.268. The van der Waals surface area contributed by atoms with E-state index >= 15 is 0 Å². The first-order valence-corrected chi connectivity index (χ1v) is 8.11. The standard InChI is InChI=1S/C19H22N4.2HI/c1-20-14-22(18-10-5-3-8-16(18)20)12-7-13-23-15-21(2)17-9-4-6-11-19(17)23;;/h3-6,8-11,14-15H,7,12-13H2,1-2H3;2*1H/q+2;;. The van der Waals surface area contributed by atoms with Crippen LogP contribution in [-0.2, 0) is 27.2 Å². The van der Waals surface area contributed by atoms with Gasteiger partial charge in [0.05, 0.1) is 27.2 Å². The highest BCUT2D eigenvalue weighted by Gasteiger charge is 2.14. The zero-order valence-corrected chi connectivity index (χ0v) is 19.2. The monoisotopic (exact) mass is 562 g/mol. The number of para-hydroxylation sites is 4. The lowest BCUT2D eigenvalue weighted by Crippen LogP contribution is -2.25. The Balaban J connectivity index is 0.00000113. The van der Waals surface area contributed by atoms with Gasteiger partial charge in [0.15, 0.2) is 22.1 Å². The summed E-state index contributed by atoms with van der Waals surface area (Å²) in [5.74, 6) is 0. The molecule has 4 aromatic rings. The molecule has 2 aromatic carbocycles. The first kappa shape index (κ1) is 20.2. The maximum Gasteiger partial charge on any atom is 0.244 e. The molecule has 0 spiro atoms. The molecule has 132 valence electrons. The highest BCUT2D eigenvalue weighted by Crippen LogP contribution is 2.13. The largest absolute Gasteiger partial charge is 0.244 e. The molecule has 25 heavy (non-hydrogen) atoms. The minimum atomic E-state index is 0. The average molecular weight is 562 g/mol. The van der Waals surface area contributed by atoms with E-state index in [9.17, 15) is 0 Å². The van der Waals surface area contributed by atoms with Crippen LogP contribution in [0.3, 0.4) is 0 Å². The summed E-state index contributed by atoms with van der Waals surface area (Å²) in [6, 6.07) is 17.1. The summed E-state index contributed by atoms with van der Waals surface area (Å²) < 4.78 is 9.09. The number of aryl methyl sites for hydroxylation is 4. The summed E-state index contributed by atoms with van der Waals surface area (Å²) in [6.07, 6.45) is 5.49. The van der Waals surface area contributed by atoms with E-state index in [1.54, 1.807) is 0 Å². The third-order valence-electron chi connectivity index (χ3n) is 4.57. The van der Waals surface area contributed by atoms with Crippen LogP contribution in [0.2, 0.25) is 0 Å². The van der Waals surface area contributed by atoms with Crippen molar-refractivity contribution in [2.24, 2.45) is 14.1 Å². The van der Waals surface area contributed by atoms with E-state index < -0.39 is 0 Å². The first-order valence-electron chi connectivity index (χ1n) is 8.11. The van der Waals surface area contributed by atoms with E-state index in [-0.39, 0.29) is 48.0 Å². The smallest absolute Gasteiger partial charge is 0.233 e. The highest BCUT2D eigenvalue weighted by atomic mass is 127. The van der Waals surface area contributed by atoms with Gasteiger partial charge in [-0.25, -0.2) is 18.3 Å². The number of hydrogen-bond acceptors (Lipinski definition) is 0. The van der Waals surface area contributed by atoms with E-state index in [0.29, 0.717) is 0 Å². The number of rotatable bonds is 4. The minimum Gasteiger partial charge on any atom is -0.233 e. The second-order valence-corrected chi connectivity index (χ2v) is 6.17. The molecule has 0 amide bonds. The van der Waals surface area contributed by atoms with Crippen molar-refractivity contribution >= 4 is 70.0 Å². The van der Waals surface area contributed by atoms with Crippen LogP contribution in [-0.4, -0.2) is 9.13 Å². The van der Waals surface area contributed by atoms with Crippen LogP contribution in [0.15, 0.2) is 61.2 Å². The number of aromatic nitrogens is 4. The molecule has 0 bridgehead atoms. The van der Waals surface area contributed by atoms with Crippen LogP contribution in [0.4, 0.5) is 0 Å². The zero-order valence-electron chi connectivity index (χ0n) is 14.5. The lowest BCUT2D eigenvalue weighted by molar-refractivity contribution is -0.645. The van der Waals surface area contributed by atoms with Crippen LogP contribution in [0.25, 0.3) is 22.1 Å². The van der Waals surface area contributed by atoms with Crippen molar-refractivity contribution < 1.29 is 9.13 Å². The third kappa shape index (κ3) is 3.84. The Hall–Kier alpha value is -1.16. The fourth-order valence-electron chi connectivity index (χ4n) is 3.45. The molecule has 4 nitrogen and oxygen atoms in total. The second kappa shape index (κ2) is 8.48. The van der Waals surface area contributed by atoms with Gasteiger partial charge in [-0.1, -0.05) is 24.3 Å². The van der Waals surface area contributed by atoms with Gasteiger partial charge >= 0.3 is 0 Å². The lowest BCUT2D eigenvalue weighted by atomic mass is 10.3. The highest BCUT2D eigenvalue weighted by molar-refractivity contribution is 14.0. The molecule has 2 heterocycles. The fraction of sp³-hybridized carbons (Fsp3) is 0.263. The number of hydrogen-bond donors (Lipinski definition) is 0. The fourth-order valence-corrected chi connectivity index (χ4v) is 3.45. The summed E-state index contributed by atoms with van der Waals surface area (Å²) in [5, 5.41) is 0. The molecule has 0 N–H and O–H groups in total. The van der Waals surface area contributed by atoms with Crippen molar-refractivity contribution in [3.63, 3.8) is 0 Å². The predicted molar refractivity (Wildman–Crippen MR) is 122 cm³/mol. The molecule has 6 heteroatoms. The Kier molecular flexibility index (Phi) is 6.84. The first-order chi connectivity index (χ1) is 11.2. The van der Waals surface area contributed by atoms with Crippen molar-refractivity contribution in [3.8, 4) is 0 Å². The summed E-state index contributed by atoms with van der Waals surface area (Å²) in [4.78, 5) is 0. The van der Waals surface area contributed by atoms with Gasteiger partial charge in [-0.05, 0) is 24.3 Å². The van der Waals surface area contributed by atoms with Crippen LogP contribution in [0.1, 0.15) is 6.42 Å². The number of benzene rings is 2. The summed E-state index contributed by atoms with van der Waals surface area (Å²) in [6.45, 7) is 2.05. The summed E-state index contributed by atoms with van der Waals surface area (Å²) in [5.41, 5.74) is 5.17. The Bertz CT molecular complexity index is 908. The topological polar surface area (TPSA) is 17.6 Å². The molecule has 2 aromatic heterocycles. The van der Waals surface area contributed by atoms with Gasteiger partial charge in [0, 0.05) is 6.42 Å². The molecule has 4 rings (SSSR count). The van der Waals surface area contributed by atoms with E-state index in [0.717, 1.165) is 19.5 Å². The third-order valence-corrected chi connectivity index (χ3v) is 4.57. The number of fused-ring (bicyclic) bond motifs is 2. The lowest BCUT2D eigenvalue weighted by Gasteiger charge is -1.98. The predicted octanol–water partition coefficient (Wildman–Crippen LogP) is 3.57. The van der Waals surface area contributed by atoms with Crippen LogP contribution < -0.4 is 9.13 Å². The molecule has 0 saturated heterocycles. The van der Waals surface area contributed by atoms with E-state index in [1.165, 1.54) is 22.1 Å². The Morgan fingerprint density at radius 1 is 0.680 bits per heavy atom. The van der Waals surface area contributed by atoms with E-state index in [2.05, 4.69) is 93.5 Å². The molecule has 0 fully saturated rings. The number of halogens is 2. The molecule has 0 aliphatic carbocycles. The van der Waals surface area contributed by atoms with Gasteiger partial charge in [0.2, 0.25) is 12.7 Å². The van der Waals surface area contributed by atoms with Crippen molar-refractivity contribution in [2.75, 3.05) is 0 Å². The maximum absolute atomic E-state index is 2.35. The Morgan fingerprint density at radius 2 is 1.08 bits per heavy atom. The van der Waals surface area contributed by atoms with Crippen molar-refractivity contribution in [2.45, 2.75) is 19.5 Å². The average Bonchev–Trinajstić information content (AvgIpc) is 3.07. The van der Waals surface area contributed by atoms with Crippen molar-refractivity contribution in [1.29, 1.82) is 0 Å². The van der Waals surface area contributed by atoms with Crippen molar-refractivity contribution in [1.82, 2.24) is 9.13 Å². The molecule has 0 saturated carbocycles. The normalized spacial score (nSPS) is 10.6. The molecule has 0 atom stereocenters. The molecule has 0 aliphatic rings. The molecular formula is C19H24I2N4+2. The van der Waals surface area contributed by atoms with Gasteiger partial charge in [0.1, 0.15) is 0 Å². The summed E-state index contributed by atoms with van der Waals surface area (Å²) >= 11 is 0. The second-order valence-electron chi connectivity index (χ2n) is 6.17. The minimum absolute atomic E-state index is 0. The number of imidazole rings is 2. The van der Waals surface area contributed by atoms with Gasteiger partial charge < -0.3 is 0 Å². The Morgan fingerprint density at radius 3 is 1.52 bits per heavy atom. The van der Waals surface area contributed by atoms with Gasteiger partial charge in [-0.15, -0.1) is 48.0 Å². The maximum atomic E-state index is 2.35. The van der Waals surface area contributed by atoms with E-state index in [4.69, 9.17) is 0 Å². The molecule has 0 aliphatic heterocycles. The SMILES string of the molecule is C[n+]1cn(CCCn2c[n+](C)c3ccccc32)c2ccccc21.I.I. The van der Waals surface area contributed by atoms with Gasteiger partial charge in [-0.2, -0.15) is 0 Å². The zero-order chi connectivity index (χ0) is 15.8. The molecular weight excluding hydrogens is 538 g/mol. The molecule has 0 radical (unpaired) electrons. The Labute approximate surface area is 182 Å². The van der Waals surface area contributed by atoms with Gasteiger partial charge in [-0.3, -0.25) is 0 Å². The van der Waals surface area contributed by atoms with Crippen LogP contribution >= 0.6 is 48.0 Å². The van der Waals surface area contributed by atoms with Crippen molar-refractivity contribution in [3.05, 3.63) is 61.2 Å². The van der Waals surface area contributed by atoms with E-state index in [1.807, 2.05) is 0 Å². The van der Waals surface area contributed by atoms with Crippen LogP contribution in [0.5, 0.6) is 0 Å². The summed E-state index contributed by atoms with van der Waals surface area (Å²) in [7, 11) is 4.22. The van der Waals surface area contributed by atoms with Gasteiger partial charge in [0.25, 0.3) is 0 Å². The van der Waals surface area contributed by atoms with Crippen LogP contribution in [0, 0.1) is 0 Å².